The Morgan fingerprint density at radius 3 is 2.70 bits per heavy atom. The van der Waals surface area contributed by atoms with E-state index in [1.807, 2.05) is 13.0 Å². The van der Waals surface area contributed by atoms with Gasteiger partial charge in [-0.15, -0.1) is 10.2 Å². The maximum absolute atomic E-state index is 12.2. The number of thioether (sulfide) groups is 1. The molecule has 0 atom stereocenters. The van der Waals surface area contributed by atoms with Crippen molar-refractivity contribution >= 4 is 29.3 Å². The molecule has 30 heavy (non-hydrogen) atoms. The molecular weight excluding hydrogens is 404 g/mol. The third kappa shape index (κ3) is 5.57. The summed E-state index contributed by atoms with van der Waals surface area (Å²) < 4.78 is 6.49. The van der Waals surface area contributed by atoms with Gasteiger partial charge >= 0.3 is 5.97 Å². The van der Waals surface area contributed by atoms with Gasteiger partial charge in [-0.3, -0.25) is 9.78 Å². The minimum absolute atomic E-state index is 0.100. The van der Waals surface area contributed by atoms with Crippen LogP contribution in [0.3, 0.4) is 0 Å². The Balaban J connectivity index is 1.52. The molecule has 0 spiro atoms. The number of carbonyl (C=O) groups excluding carboxylic acids is 2. The number of esters is 1. The molecule has 0 bridgehead atoms. The van der Waals surface area contributed by atoms with E-state index in [1.54, 1.807) is 42.7 Å². The summed E-state index contributed by atoms with van der Waals surface area (Å²) in [6, 6.07) is 10.2. The highest BCUT2D eigenvalue weighted by Crippen LogP contribution is 2.21. The van der Waals surface area contributed by atoms with Gasteiger partial charge in [0.15, 0.2) is 5.82 Å². The van der Waals surface area contributed by atoms with Gasteiger partial charge in [0.2, 0.25) is 11.1 Å². The maximum atomic E-state index is 12.2. The Morgan fingerprint density at radius 1 is 1.20 bits per heavy atom. The second kappa shape index (κ2) is 10.4. The van der Waals surface area contributed by atoms with Crippen LogP contribution in [0.1, 0.15) is 30.1 Å². The van der Waals surface area contributed by atoms with Crippen LogP contribution in [-0.2, 0) is 9.53 Å². The Bertz CT molecular complexity index is 992. The van der Waals surface area contributed by atoms with Gasteiger partial charge in [-0.1, -0.05) is 25.1 Å². The summed E-state index contributed by atoms with van der Waals surface area (Å²) >= 11 is 1.17. The van der Waals surface area contributed by atoms with E-state index in [0.29, 0.717) is 28.8 Å². The Labute approximate surface area is 178 Å². The molecule has 0 saturated heterocycles. The van der Waals surface area contributed by atoms with E-state index in [2.05, 4.69) is 20.5 Å². The molecule has 3 N–H and O–H groups in total. The lowest BCUT2D eigenvalue weighted by Crippen LogP contribution is -2.16. The number of amides is 1. The molecule has 1 amide bonds. The zero-order valence-corrected chi connectivity index (χ0v) is 17.3. The number of pyridine rings is 1. The fraction of sp³-hybridized carbons (Fsp3) is 0.250. The van der Waals surface area contributed by atoms with Crippen molar-refractivity contribution in [2.45, 2.75) is 24.9 Å². The topological polar surface area (TPSA) is 125 Å². The minimum Gasteiger partial charge on any atom is -0.462 e. The van der Waals surface area contributed by atoms with Gasteiger partial charge in [0.1, 0.15) is 0 Å². The van der Waals surface area contributed by atoms with Crippen LogP contribution in [0.4, 0.5) is 5.69 Å². The predicted molar refractivity (Wildman–Crippen MR) is 114 cm³/mol. The van der Waals surface area contributed by atoms with Crippen molar-refractivity contribution in [1.82, 2.24) is 19.9 Å². The molecular formula is C20H22N6O3S. The SMILES string of the molecule is CCCCOC(=O)c1ccc(NC(=O)CSc2nnc(-c3cccnc3)n2N)cc1. The fourth-order valence-corrected chi connectivity index (χ4v) is 3.13. The first-order valence-corrected chi connectivity index (χ1v) is 10.4. The van der Waals surface area contributed by atoms with E-state index in [9.17, 15) is 9.59 Å². The zero-order chi connectivity index (χ0) is 21.3. The lowest BCUT2D eigenvalue weighted by atomic mass is 10.2. The highest BCUT2D eigenvalue weighted by molar-refractivity contribution is 7.99. The third-order valence-corrected chi connectivity index (χ3v) is 5.00. The molecule has 10 heteroatoms. The van der Waals surface area contributed by atoms with Crippen molar-refractivity contribution in [1.29, 1.82) is 0 Å². The highest BCUT2D eigenvalue weighted by atomic mass is 32.2. The quantitative estimate of drug-likeness (QED) is 0.232. The van der Waals surface area contributed by atoms with Crippen LogP contribution < -0.4 is 11.2 Å². The zero-order valence-electron chi connectivity index (χ0n) is 16.4. The molecule has 0 aliphatic rings. The molecule has 0 aliphatic heterocycles. The average Bonchev–Trinajstić information content (AvgIpc) is 3.14. The predicted octanol–water partition coefficient (Wildman–Crippen LogP) is 2.74. The monoisotopic (exact) mass is 426 g/mol. The van der Waals surface area contributed by atoms with Crippen molar-refractivity contribution in [3.8, 4) is 11.4 Å². The lowest BCUT2D eigenvalue weighted by molar-refractivity contribution is -0.113. The van der Waals surface area contributed by atoms with Crippen LogP contribution >= 0.6 is 11.8 Å². The fourth-order valence-electron chi connectivity index (χ4n) is 2.48. The number of nitrogen functional groups attached to an aromatic ring is 1. The first kappa shape index (κ1) is 21.3. The number of anilines is 1. The van der Waals surface area contributed by atoms with E-state index in [4.69, 9.17) is 10.6 Å². The van der Waals surface area contributed by atoms with E-state index in [-0.39, 0.29) is 17.6 Å². The van der Waals surface area contributed by atoms with Gasteiger partial charge in [0.05, 0.1) is 17.9 Å². The molecule has 0 radical (unpaired) electrons. The van der Waals surface area contributed by atoms with Crippen LogP contribution in [0.2, 0.25) is 0 Å². The van der Waals surface area contributed by atoms with Crippen molar-refractivity contribution in [2.75, 3.05) is 23.5 Å². The second-order valence-electron chi connectivity index (χ2n) is 6.32. The molecule has 1 aromatic carbocycles. The van der Waals surface area contributed by atoms with Crippen LogP contribution in [0, 0.1) is 0 Å². The number of rotatable bonds is 9. The molecule has 0 unspecified atom stereocenters. The summed E-state index contributed by atoms with van der Waals surface area (Å²) in [5.74, 6) is 5.99. The number of hydrogen-bond donors (Lipinski definition) is 2. The maximum Gasteiger partial charge on any atom is 0.338 e. The average molecular weight is 427 g/mol. The normalized spacial score (nSPS) is 10.6. The van der Waals surface area contributed by atoms with E-state index in [0.717, 1.165) is 18.4 Å². The largest absolute Gasteiger partial charge is 0.462 e. The first-order valence-electron chi connectivity index (χ1n) is 9.39. The molecule has 156 valence electrons. The summed E-state index contributed by atoms with van der Waals surface area (Å²) in [6.07, 6.45) is 5.08. The van der Waals surface area contributed by atoms with E-state index >= 15 is 0 Å². The van der Waals surface area contributed by atoms with Crippen molar-refractivity contribution in [3.63, 3.8) is 0 Å². The van der Waals surface area contributed by atoms with Gasteiger partial charge < -0.3 is 15.9 Å². The smallest absolute Gasteiger partial charge is 0.338 e. The summed E-state index contributed by atoms with van der Waals surface area (Å²) in [5, 5.41) is 11.3. The molecule has 0 fully saturated rings. The number of benzene rings is 1. The van der Waals surface area contributed by atoms with Gasteiger partial charge in [-0.2, -0.15) is 0 Å². The Morgan fingerprint density at radius 2 is 2.00 bits per heavy atom. The molecule has 0 saturated carbocycles. The number of aromatic nitrogens is 4. The van der Waals surface area contributed by atoms with Crippen molar-refractivity contribution < 1.29 is 14.3 Å². The van der Waals surface area contributed by atoms with Crippen LogP contribution in [0.5, 0.6) is 0 Å². The third-order valence-electron chi connectivity index (χ3n) is 4.05. The number of hydrogen-bond acceptors (Lipinski definition) is 8. The van der Waals surface area contributed by atoms with Gasteiger partial charge in [-0.05, 0) is 42.8 Å². The van der Waals surface area contributed by atoms with Gasteiger partial charge in [-0.25, -0.2) is 9.47 Å². The molecule has 9 nitrogen and oxygen atoms in total. The summed E-state index contributed by atoms with van der Waals surface area (Å²) in [5.41, 5.74) is 1.76. The van der Waals surface area contributed by atoms with E-state index < -0.39 is 0 Å². The molecule has 3 rings (SSSR count). The summed E-state index contributed by atoms with van der Waals surface area (Å²) in [7, 11) is 0. The molecule has 2 aromatic heterocycles. The van der Waals surface area contributed by atoms with Crippen LogP contribution in [0.25, 0.3) is 11.4 Å². The number of nitrogens with one attached hydrogen (secondary N) is 1. The molecule has 0 aliphatic carbocycles. The Kier molecular flexibility index (Phi) is 7.39. The number of ether oxygens (including phenoxy) is 1. The first-order chi connectivity index (χ1) is 14.6. The lowest BCUT2D eigenvalue weighted by Gasteiger charge is -2.07. The number of nitrogens with two attached hydrogens (primary N) is 1. The van der Waals surface area contributed by atoms with E-state index in [1.165, 1.54) is 16.4 Å². The van der Waals surface area contributed by atoms with Crippen molar-refractivity contribution in [3.05, 3.63) is 54.4 Å². The Hall–Kier alpha value is -3.40. The second-order valence-corrected chi connectivity index (χ2v) is 7.26. The van der Waals surface area contributed by atoms with Gasteiger partial charge in [0, 0.05) is 23.6 Å². The molecule has 3 aromatic rings. The number of carbonyl (C=O) groups is 2. The number of unbranched alkanes of at least 4 members (excludes halogenated alkanes) is 1. The standard InChI is InChI=1S/C20H22N6O3S/c1-2-3-11-29-19(28)14-6-8-16(9-7-14)23-17(27)13-30-20-25-24-18(26(20)21)15-5-4-10-22-12-15/h4-10,12H,2-3,11,13,21H2,1H3,(H,23,27). The summed E-state index contributed by atoms with van der Waals surface area (Å²) in [6.45, 7) is 2.43. The van der Waals surface area contributed by atoms with Crippen LogP contribution in [-0.4, -0.2) is 44.1 Å². The van der Waals surface area contributed by atoms with Crippen molar-refractivity contribution in [2.24, 2.45) is 0 Å². The summed E-state index contributed by atoms with van der Waals surface area (Å²) in [4.78, 5) is 28.2. The molecule has 2 heterocycles. The minimum atomic E-state index is -0.372. The number of nitrogens with zero attached hydrogens (tertiary/aromatic N) is 4. The van der Waals surface area contributed by atoms with Gasteiger partial charge in [0.25, 0.3) is 0 Å². The highest BCUT2D eigenvalue weighted by Gasteiger charge is 2.14. The van der Waals surface area contributed by atoms with Crippen LogP contribution in [0.15, 0.2) is 53.9 Å².